The van der Waals surface area contributed by atoms with E-state index in [-0.39, 0.29) is 0 Å². The number of hydrogen-bond donors (Lipinski definition) is 1. The quantitative estimate of drug-likeness (QED) is 0.925. The van der Waals surface area contributed by atoms with Crippen molar-refractivity contribution in [2.24, 2.45) is 5.92 Å². The molecule has 0 radical (unpaired) electrons. The fourth-order valence-corrected chi connectivity index (χ4v) is 4.45. The van der Waals surface area contributed by atoms with Gasteiger partial charge in [-0.1, -0.05) is 19.8 Å². The smallest absolute Gasteiger partial charge is 0.326 e. The fraction of sp³-hybridized carbons (Fsp3) is 0.786. The van der Waals surface area contributed by atoms with E-state index in [1.807, 2.05) is 0 Å². The van der Waals surface area contributed by atoms with Crippen LogP contribution >= 0.6 is 11.5 Å². The third-order valence-corrected chi connectivity index (χ3v) is 5.29. The lowest BCUT2D eigenvalue weighted by Crippen LogP contribution is -2.42. The summed E-state index contributed by atoms with van der Waals surface area (Å²) in [6.45, 7) is 2.10. The zero-order valence-electron chi connectivity index (χ0n) is 11.8. The van der Waals surface area contributed by atoms with Crippen molar-refractivity contribution in [1.82, 2.24) is 9.36 Å². The van der Waals surface area contributed by atoms with Gasteiger partial charge in [0.1, 0.15) is 11.9 Å². The number of aliphatic carboxylic acids is 1. The molecule has 0 aromatic carbocycles. The number of carboxylic acids is 1. The molecule has 20 heavy (non-hydrogen) atoms. The summed E-state index contributed by atoms with van der Waals surface area (Å²) in [7, 11) is 0. The first-order valence-corrected chi connectivity index (χ1v) is 8.31. The first-order valence-electron chi connectivity index (χ1n) is 7.54. The van der Waals surface area contributed by atoms with E-state index < -0.39 is 12.0 Å². The molecule has 2 heterocycles. The minimum atomic E-state index is -0.716. The van der Waals surface area contributed by atoms with Crippen molar-refractivity contribution in [3.63, 3.8) is 0 Å². The van der Waals surface area contributed by atoms with Crippen LogP contribution in [-0.2, 0) is 11.2 Å². The van der Waals surface area contributed by atoms with E-state index in [0.29, 0.717) is 12.0 Å². The van der Waals surface area contributed by atoms with E-state index >= 15 is 0 Å². The van der Waals surface area contributed by atoms with Gasteiger partial charge in [-0.15, -0.1) is 0 Å². The van der Waals surface area contributed by atoms with Crippen molar-refractivity contribution < 1.29 is 9.90 Å². The van der Waals surface area contributed by atoms with Crippen LogP contribution in [0.3, 0.4) is 0 Å². The van der Waals surface area contributed by atoms with Crippen LogP contribution in [-0.4, -0.2) is 32.5 Å². The normalized spacial score (nSPS) is 29.4. The number of anilines is 1. The second kappa shape index (κ2) is 5.68. The Morgan fingerprint density at radius 2 is 2.25 bits per heavy atom. The van der Waals surface area contributed by atoms with E-state index in [1.54, 1.807) is 0 Å². The molecule has 110 valence electrons. The van der Waals surface area contributed by atoms with Crippen molar-refractivity contribution in [2.75, 3.05) is 4.90 Å². The zero-order chi connectivity index (χ0) is 14.1. The molecule has 1 saturated heterocycles. The molecule has 0 spiro atoms. The van der Waals surface area contributed by atoms with Gasteiger partial charge < -0.3 is 10.0 Å². The van der Waals surface area contributed by atoms with Crippen molar-refractivity contribution in [3.8, 4) is 0 Å². The summed E-state index contributed by atoms with van der Waals surface area (Å²) in [6.07, 6.45) is 7.34. The molecule has 1 aromatic heterocycles. The van der Waals surface area contributed by atoms with Gasteiger partial charge in [-0.25, -0.2) is 9.78 Å². The first kappa shape index (κ1) is 13.8. The van der Waals surface area contributed by atoms with Crippen molar-refractivity contribution in [3.05, 3.63) is 5.82 Å². The van der Waals surface area contributed by atoms with Gasteiger partial charge in [0.15, 0.2) is 0 Å². The van der Waals surface area contributed by atoms with Crippen LogP contribution in [0, 0.1) is 5.92 Å². The van der Waals surface area contributed by atoms with Gasteiger partial charge in [0.2, 0.25) is 5.13 Å². The highest BCUT2D eigenvalue weighted by molar-refractivity contribution is 7.09. The van der Waals surface area contributed by atoms with Crippen molar-refractivity contribution in [1.29, 1.82) is 0 Å². The Labute approximate surface area is 123 Å². The largest absolute Gasteiger partial charge is 0.480 e. The van der Waals surface area contributed by atoms with Gasteiger partial charge in [-0.3, -0.25) is 0 Å². The third-order valence-electron chi connectivity index (χ3n) is 4.52. The molecule has 2 aliphatic rings. The zero-order valence-corrected chi connectivity index (χ0v) is 12.6. The predicted octanol–water partition coefficient (Wildman–Crippen LogP) is 2.71. The van der Waals surface area contributed by atoms with Gasteiger partial charge in [0.05, 0.1) is 0 Å². The maximum atomic E-state index is 11.6. The van der Waals surface area contributed by atoms with Gasteiger partial charge in [-0.05, 0) is 31.6 Å². The van der Waals surface area contributed by atoms with Crippen molar-refractivity contribution in [2.45, 2.75) is 64.0 Å². The number of carbonyl (C=O) groups is 1. The van der Waals surface area contributed by atoms with E-state index in [9.17, 15) is 9.90 Å². The molecule has 2 fully saturated rings. The molecule has 3 rings (SSSR count). The maximum Gasteiger partial charge on any atom is 0.326 e. The third kappa shape index (κ3) is 2.41. The molecule has 6 heteroatoms. The van der Waals surface area contributed by atoms with Crippen LogP contribution in [0.2, 0.25) is 0 Å². The van der Waals surface area contributed by atoms with Crippen LogP contribution < -0.4 is 4.90 Å². The first-order chi connectivity index (χ1) is 9.70. The topological polar surface area (TPSA) is 66.3 Å². The van der Waals surface area contributed by atoms with E-state index in [0.717, 1.165) is 43.1 Å². The molecular weight excluding hydrogens is 274 g/mol. The van der Waals surface area contributed by atoms with E-state index in [4.69, 9.17) is 0 Å². The summed E-state index contributed by atoms with van der Waals surface area (Å²) < 4.78 is 4.38. The van der Waals surface area contributed by atoms with Crippen LogP contribution in [0.5, 0.6) is 0 Å². The number of nitrogens with zero attached hydrogens (tertiary/aromatic N) is 3. The standard InChI is InChI=1S/C14H21N3O2S/c1-2-5-12-15-14(20-16-12)17-10-7-4-3-6-9(10)8-11(17)13(18)19/h9-11H,2-8H2,1H3,(H,18,19). The Morgan fingerprint density at radius 3 is 3.00 bits per heavy atom. The number of aromatic nitrogens is 2. The van der Waals surface area contributed by atoms with Crippen LogP contribution in [0.4, 0.5) is 5.13 Å². The SMILES string of the molecule is CCCc1nsc(N2C(C(=O)O)CC3CCCCC32)n1. The van der Waals surface area contributed by atoms with Crippen LogP contribution in [0.15, 0.2) is 0 Å². The van der Waals surface area contributed by atoms with Gasteiger partial charge in [-0.2, -0.15) is 4.37 Å². The average Bonchev–Trinajstić information content (AvgIpc) is 3.02. The van der Waals surface area contributed by atoms with Crippen LogP contribution in [0.25, 0.3) is 0 Å². The van der Waals surface area contributed by atoms with Crippen LogP contribution in [0.1, 0.15) is 51.3 Å². The number of carboxylic acid groups (broad SMARTS) is 1. The number of rotatable bonds is 4. The van der Waals surface area contributed by atoms with Gasteiger partial charge in [0.25, 0.3) is 0 Å². The minimum absolute atomic E-state index is 0.354. The lowest BCUT2D eigenvalue weighted by Gasteiger charge is -2.32. The Morgan fingerprint density at radius 1 is 1.45 bits per heavy atom. The number of aryl methyl sites for hydroxylation is 1. The molecule has 3 unspecified atom stereocenters. The summed E-state index contributed by atoms with van der Waals surface area (Å²) >= 11 is 1.37. The molecule has 5 nitrogen and oxygen atoms in total. The summed E-state index contributed by atoms with van der Waals surface area (Å²) in [4.78, 5) is 18.2. The highest BCUT2D eigenvalue weighted by Gasteiger charge is 2.46. The Bertz CT molecular complexity index is 491. The summed E-state index contributed by atoms with van der Waals surface area (Å²) in [5.74, 6) is 0.658. The monoisotopic (exact) mass is 295 g/mol. The molecule has 1 aliphatic carbocycles. The second-order valence-corrected chi connectivity index (χ2v) is 6.58. The maximum absolute atomic E-state index is 11.6. The lowest BCUT2D eigenvalue weighted by molar-refractivity contribution is -0.138. The highest BCUT2D eigenvalue weighted by atomic mass is 32.1. The second-order valence-electron chi connectivity index (χ2n) is 5.85. The molecule has 1 aliphatic heterocycles. The molecule has 1 aromatic rings. The summed E-state index contributed by atoms with van der Waals surface area (Å²) in [6, 6.07) is -0.0576. The fourth-order valence-electron chi connectivity index (χ4n) is 3.63. The molecule has 3 atom stereocenters. The molecule has 1 saturated carbocycles. The molecule has 0 bridgehead atoms. The minimum Gasteiger partial charge on any atom is -0.480 e. The van der Waals surface area contributed by atoms with E-state index in [1.165, 1.54) is 24.4 Å². The lowest BCUT2D eigenvalue weighted by atomic mass is 9.85. The van der Waals surface area contributed by atoms with Gasteiger partial charge >= 0.3 is 5.97 Å². The summed E-state index contributed by atoms with van der Waals surface area (Å²) in [5, 5.41) is 10.3. The highest BCUT2D eigenvalue weighted by Crippen LogP contribution is 2.42. The van der Waals surface area contributed by atoms with Gasteiger partial charge in [0, 0.05) is 24.0 Å². The Balaban J connectivity index is 1.87. The number of fused-ring (bicyclic) bond motifs is 1. The van der Waals surface area contributed by atoms with E-state index in [2.05, 4.69) is 21.2 Å². The summed E-state index contributed by atoms with van der Waals surface area (Å²) in [5.41, 5.74) is 0. The predicted molar refractivity (Wildman–Crippen MR) is 78.2 cm³/mol. The number of hydrogen-bond acceptors (Lipinski definition) is 5. The Kier molecular flexibility index (Phi) is 3.92. The Hall–Kier alpha value is -1.17. The van der Waals surface area contributed by atoms with Crippen molar-refractivity contribution >= 4 is 22.6 Å². The molecular formula is C14H21N3O2S. The molecule has 0 amide bonds. The molecule has 1 N–H and O–H groups in total. The average molecular weight is 295 g/mol.